The number of carbonyl (C=O) groups excluding carboxylic acids is 2. The SMILES string of the molecule is COc1ccc([C@@H]2C[C@@H](O)[C@@]3(C(=O)N(C(=O)OC(C)(C)C)c4ccccc43)[C@@H](c3ccccc3)[C@@H]2[N+](=O)[O-])cc1. The molecule has 1 heterocycles. The quantitative estimate of drug-likeness (QED) is 0.354. The maximum atomic E-state index is 14.6. The van der Waals surface area contributed by atoms with E-state index in [1.165, 1.54) is 7.11 Å². The third kappa shape index (κ3) is 4.30. The van der Waals surface area contributed by atoms with E-state index in [1.54, 1.807) is 99.6 Å². The van der Waals surface area contributed by atoms with Crippen molar-refractivity contribution >= 4 is 17.7 Å². The number of nitro groups is 1. The van der Waals surface area contributed by atoms with Gasteiger partial charge in [0.15, 0.2) is 0 Å². The van der Waals surface area contributed by atoms with E-state index < -0.39 is 47.0 Å². The van der Waals surface area contributed by atoms with Crippen molar-refractivity contribution in [1.82, 2.24) is 0 Å². The zero-order chi connectivity index (χ0) is 28.8. The van der Waals surface area contributed by atoms with E-state index >= 15 is 0 Å². The highest BCUT2D eigenvalue weighted by atomic mass is 16.6. The fourth-order valence-corrected chi connectivity index (χ4v) is 6.39. The molecule has 2 amide bonds. The fourth-order valence-electron chi connectivity index (χ4n) is 6.39. The van der Waals surface area contributed by atoms with Crippen LogP contribution in [0.15, 0.2) is 78.9 Å². The van der Waals surface area contributed by atoms with Gasteiger partial charge in [-0.25, -0.2) is 9.69 Å². The molecule has 0 bridgehead atoms. The monoisotopic (exact) mass is 544 g/mol. The van der Waals surface area contributed by atoms with Gasteiger partial charge in [-0.2, -0.15) is 0 Å². The molecule has 0 unspecified atom stereocenters. The normalized spacial score (nSPS) is 25.9. The van der Waals surface area contributed by atoms with Gasteiger partial charge in [0.2, 0.25) is 6.04 Å². The van der Waals surface area contributed by atoms with Crippen molar-refractivity contribution in [3.05, 3.63) is 106 Å². The number of benzene rings is 3. The number of aliphatic hydroxyl groups is 1. The van der Waals surface area contributed by atoms with E-state index in [0.717, 1.165) is 4.90 Å². The van der Waals surface area contributed by atoms with E-state index in [2.05, 4.69) is 0 Å². The first-order valence-electron chi connectivity index (χ1n) is 13.2. The van der Waals surface area contributed by atoms with Gasteiger partial charge in [-0.15, -0.1) is 0 Å². The summed E-state index contributed by atoms with van der Waals surface area (Å²) in [5.74, 6) is -1.95. The van der Waals surface area contributed by atoms with Gasteiger partial charge in [0.05, 0.1) is 30.7 Å². The van der Waals surface area contributed by atoms with E-state index in [1.807, 2.05) is 0 Å². The lowest BCUT2D eigenvalue weighted by Crippen LogP contribution is -2.62. The van der Waals surface area contributed by atoms with Gasteiger partial charge in [-0.05, 0) is 62.1 Å². The Labute approximate surface area is 232 Å². The molecule has 1 spiro atoms. The second kappa shape index (κ2) is 10.1. The average molecular weight is 545 g/mol. The molecule has 0 radical (unpaired) electrons. The molecule has 5 atom stereocenters. The van der Waals surface area contributed by atoms with Crippen LogP contribution in [0.1, 0.15) is 55.7 Å². The van der Waals surface area contributed by atoms with Gasteiger partial charge < -0.3 is 14.6 Å². The Hall–Kier alpha value is -4.24. The van der Waals surface area contributed by atoms with Crippen LogP contribution in [0.25, 0.3) is 0 Å². The molecule has 0 aromatic heterocycles. The second-order valence-electron chi connectivity index (χ2n) is 11.3. The highest BCUT2D eigenvalue weighted by molar-refractivity contribution is 6.22. The lowest BCUT2D eigenvalue weighted by Gasteiger charge is -2.47. The van der Waals surface area contributed by atoms with Gasteiger partial charge in [0.25, 0.3) is 5.91 Å². The second-order valence-corrected chi connectivity index (χ2v) is 11.3. The van der Waals surface area contributed by atoms with Gasteiger partial charge in [-0.3, -0.25) is 14.9 Å². The minimum atomic E-state index is -1.80. The van der Waals surface area contributed by atoms with Crippen molar-refractivity contribution in [3.63, 3.8) is 0 Å². The zero-order valence-corrected chi connectivity index (χ0v) is 22.8. The number of hydrogen-bond donors (Lipinski definition) is 1. The number of imide groups is 1. The molecule has 1 saturated carbocycles. The van der Waals surface area contributed by atoms with Crippen LogP contribution < -0.4 is 9.64 Å². The number of carbonyl (C=O) groups is 2. The summed E-state index contributed by atoms with van der Waals surface area (Å²) in [7, 11) is 1.54. The van der Waals surface area contributed by atoms with E-state index in [4.69, 9.17) is 9.47 Å². The number of ether oxygens (including phenoxy) is 2. The molecule has 1 fully saturated rings. The van der Waals surface area contributed by atoms with Crippen molar-refractivity contribution in [3.8, 4) is 5.75 Å². The van der Waals surface area contributed by atoms with Gasteiger partial charge in [0, 0.05) is 4.92 Å². The smallest absolute Gasteiger partial charge is 0.421 e. The molecule has 9 heteroatoms. The van der Waals surface area contributed by atoms with Crippen LogP contribution in [0.3, 0.4) is 0 Å². The number of hydrogen-bond acceptors (Lipinski definition) is 7. The Morgan fingerprint density at radius 1 is 1.00 bits per heavy atom. The number of nitrogens with zero attached hydrogens (tertiary/aromatic N) is 2. The lowest BCUT2D eigenvalue weighted by molar-refractivity contribution is -0.537. The van der Waals surface area contributed by atoms with Crippen molar-refractivity contribution < 1.29 is 29.1 Å². The third-order valence-corrected chi connectivity index (χ3v) is 7.92. The number of amides is 2. The molecule has 0 saturated heterocycles. The van der Waals surface area contributed by atoms with Crippen LogP contribution in [0.2, 0.25) is 0 Å². The Balaban J connectivity index is 1.75. The molecular weight excluding hydrogens is 512 g/mol. The van der Waals surface area contributed by atoms with Crippen molar-refractivity contribution in [1.29, 1.82) is 0 Å². The molecule has 9 nitrogen and oxygen atoms in total. The standard InChI is InChI=1S/C31H32N2O7/c1-30(2,3)40-29(36)32-24-13-9-8-12-23(24)31(28(32)35)25(34)18-22(19-14-16-21(39-4)17-15-19)27(33(37)38)26(31)20-10-6-5-7-11-20/h5-17,22,25-27,34H,18H2,1-4H3/t22-,25+,26-,27+,31+/m0/s1. The largest absolute Gasteiger partial charge is 0.497 e. The number of methoxy groups -OCH3 is 1. The topological polar surface area (TPSA) is 119 Å². The molecule has 3 aromatic carbocycles. The zero-order valence-electron chi connectivity index (χ0n) is 22.8. The summed E-state index contributed by atoms with van der Waals surface area (Å²) in [4.78, 5) is 41.6. The summed E-state index contributed by atoms with van der Waals surface area (Å²) < 4.78 is 10.8. The minimum absolute atomic E-state index is 0.0659. The van der Waals surface area contributed by atoms with Crippen LogP contribution in [0.4, 0.5) is 10.5 Å². The molecular formula is C31H32N2O7. The van der Waals surface area contributed by atoms with Crippen molar-refractivity contribution in [2.45, 2.75) is 62.2 Å². The highest BCUT2D eigenvalue weighted by Gasteiger charge is 2.69. The molecule has 2 aliphatic rings. The summed E-state index contributed by atoms with van der Waals surface area (Å²) >= 11 is 0. The van der Waals surface area contributed by atoms with E-state index in [-0.39, 0.29) is 17.0 Å². The van der Waals surface area contributed by atoms with Crippen molar-refractivity contribution in [2.75, 3.05) is 12.0 Å². The van der Waals surface area contributed by atoms with Gasteiger partial charge in [0.1, 0.15) is 16.8 Å². The van der Waals surface area contributed by atoms with Gasteiger partial charge >= 0.3 is 6.09 Å². The summed E-state index contributed by atoms with van der Waals surface area (Å²) in [6.07, 6.45) is -2.30. The van der Waals surface area contributed by atoms with Crippen molar-refractivity contribution in [2.24, 2.45) is 0 Å². The number of para-hydroxylation sites is 1. The molecule has 1 N–H and O–H groups in total. The fraction of sp³-hybridized carbons (Fsp3) is 0.355. The average Bonchev–Trinajstić information content (AvgIpc) is 3.18. The molecule has 5 rings (SSSR count). The number of aliphatic hydroxyl groups excluding tert-OH is 1. The molecule has 208 valence electrons. The Morgan fingerprint density at radius 2 is 1.62 bits per heavy atom. The van der Waals surface area contributed by atoms with Crippen LogP contribution in [0, 0.1) is 10.1 Å². The van der Waals surface area contributed by atoms with Crippen LogP contribution in [-0.2, 0) is 14.9 Å². The maximum absolute atomic E-state index is 14.6. The number of rotatable bonds is 4. The predicted molar refractivity (Wildman–Crippen MR) is 148 cm³/mol. The first-order valence-corrected chi connectivity index (χ1v) is 13.2. The predicted octanol–water partition coefficient (Wildman–Crippen LogP) is 5.19. The maximum Gasteiger partial charge on any atom is 0.421 e. The first kappa shape index (κ1) is 27.3. The first-order chi connectivity index (χ1) is 19.0. The Kier molecular flexibility index (Phi) is 6.87. The molecule has 1 aliphatic carbocycles. The third-order valence-electron chi connectivity index (χ3n) is 7.92. The number of anilines is 1. The molecule has 3 aromatic rings. The summed E-state index contributed by atoms with van der Waals surface area (Å²) in [5, 5.41) is 25.0. The highest BCUT2D eigenvalue weighted by Crippen LogP contribution is 2.60. The van der Waals surface area contributed by atoms with E-state index in [9.17, 15) is 24.8 Å². The van der Waals surface area contributed by atoms with Crippen LogP contribution in [-0.4, -0.2) is 46.9 Å². The molecule has 1 aliphatic heterocycles. The minimum Gasteiger partial charge on any atom is -0.497 e. The van der Waals surface area contributed by atoms with Crippen LogP contribution >= 0.6 is 0 Å². The van der Waals surface area contributed by atoms with E-state index in [0.29, 0.717) is 22.4 Å². The number of fused-ring (bicyclic) bond motifs is 2. The Bertz CT molecular complexity index is 1430. The Morgan fingerprint density at radius 3 is 2.23 bits per heavy atom. The summed E-state index contributed by atoms with van der Waals surface area (Å²) in [5.41, 5.74) is -0.889. The van der Waals surface area contributed by atoms with Crippen LogP contribution in [0.5, 0.6) is 5.75 Å². The van der Waals surface area contributed by atoms with Gasteiger partial charge in [-0.1, -0.05) is 60.7 Å². The lowest BCUT2D eigenvalue weighted by atomic mass is 9.54. The summed E-state index contributed by atoms with van der Waals surface area (Å²) in [6.45, 7) is 5.08. The summed E-state index contributed by atoms with van der Waals surface area (Å²) in [6, 6.07) is 21.1. The molecule has 40 heavy (non-hydrogen) atoms.